The van der Waals surface area contributed by atoms with Gasteiger partial charge in [0.2, 0.25) is 0 Å². The zero-order valence-electron chi connectivity index (χ0n) is 12.6. The summed E-state index contributed by atoms with van der Waals surface area (Å²) in [6, 6.07) is 3.08. The summed E-state index contributed by atoms with van der Waals surface area (Å²) in [4.78, 5) is 8.23. The molecule has 0 fully saturated rings. The molecule has 8 heteroatoms. The van der Waals surface area contributed by atoms with Crippen molar-refractivity contribution < 1.29 is 13.9 Å². The predicted molar refractivity (Wildman–Crippen MR) is 80.7 cm³/mol. The fourth-order valence-electron chi connectivity index (χ4n) is 2.38. The Kier molecular flexibility index (Phi) is 3.69. The van der Waals surface area contributed by atoms with Crippen molar-refractivity contribution in [3.63, 3.8) is 0 Å². The molecule has 0 amide bonds. The number of benzene rings is 1. The number of anilines is 1. The van der Waals surface area contributed by atoms with E-state index in [2.05, 4.69) is 20.4 Å². The van der Waals surface area contributed by atoms with E-state index >= 15 is 0 Å². The lowest BCUT2D eigenvalue weighted by Gasteiger charge is -2.25. The molecule has 0 aliphatic heterocycles. The van der Waals surface area contributed by atoms with Gasteiger partial charge < -0.3 is 10.4 Å². The Morgan fingerprint density at radius 2 is 2.09 bits per heavy atom. The third kappa shape index (κ3) is 2.85. The average molecular weight is 319 g/mol. The van der Waals surface area contributed by atoms with Crippen molar-refractivity contribution in [1.29, 1.82) is 0 Å². The Hall–Kier alpha value is -2.61. The van der Waals surface area contributed by atoms with Gasteiger partial charge in [-0.1, -0.05) is 6.07 Å². The molecule has 0 aliphatic carbocycles. The van der Waals surface area contributed by atoms with Crippen LogP contribution in [0.3, 0.4) is 0 Å². The van der Waals surface area contributed by atoms with Gasteiger partial charge in [0.05, 0.1) is 11.6 Å². The van der Waals surface area contributed by atoms with Gasteiger partial charge in [-0.3, -0.25) is 4.68 Å². The number of rotatable bonds is 4. The third-order valence-corrected chi connectivity index (χ3v) is 3.64. The summed E-state index contributed by atoms with van der Waals surface area (Å²) in [6.07, 6.45) is 2.98. The van der Waals surface area contributed by atoms with Gasteiger partial charge in [0.1, 0.15) is 29.4 Å². The van der Waals surface area contributed by atoms with Crippen LogP contribution in [0.25, 0.3) is 11.0 Å². The third-order valence-electron chi connectivity index (χ3n) is 3.64. The van der Waals surface area contributed by atoms with Gasteiger partial charge in [-0.25, -0.2) is 18.7 Å². The fraction of sp³-hybridized carbons (Fsp3) is 0.267. The summed E-state index contributed by atoms with van der Waals surface area (Å²) in [7, 11) is 1.75. The van der Waals surface area contributed by atoms with Crippen LogP contribution in [0.1, 0.15) is 12.5 Å². The second-order valence-electron chi connectivity index (χ2n) is 5.48. The summed E-state index contributed by atoms with van der Waals surface area (Å²) in [5.41, 5.74) is -0.907. The van der Waals surface area contributed by atoms with Gasteiger partial charge in [0.25, 0.3) is 0 Å². The van der Waals surface area contributed by atoms with E-state index in [1.807, 2.05) is 0 Å². The first-order valence-corrected chi connectivity index (χ1v) is 6.93. The van der Waals surface area contributed by atoms with Crippen LogP contribution in [0.15, 0.2) is 30.7 Å². The molecular formula is C15H15F2N5O. The quantitative estimate of drug-likeness (QED) is 0.769. The lowest BCUT2D eigenvalue weighted by Crippen LogP contribution is -2.32. The molecule has 1 unspecified atom stereocenters. The molecule has 23 heavy (non-hydrogen) atoms. The zero-order valence-corrected chi connectivity index (χ0v) is 12.6. The molecular weight excluding hydrogens is 304 g/mol. The van der Waals surface area contributed by atoms with E-state index in [-0.39, 0.29) is 12.1 Å². The molecule has 6 nitrogen and oxygen atoms in total. The van der Waals surface area contributed by atoms with Gasteiger partial charge in [-0.2, -0.15) is 5.10 Å². The average Bonchev–Trinajstić information content (AvgIpc) is 2.87. The van der Waals surface area contributed by atoms with E-state index < -0.39 is 17.2 Å². The minimum absolute atomic E-state index is 0.00267. The van der Waals surface area contributed by atoms with Gasteiger partial charge in [-0.15, -0.1) is 0 Å². The number of aryl methyl sites for hydroxylation is 1. The molecule has 0 radical (unpaired) electrons. The van der Waals surface area contributed by atoms with E-state index in [4.69, 9.17) is 0 Å². The SMILES string of the molecule is Cn1ncc2c(NCC(C)(O)c3ccc(F)cc3F)ncnc21. The van der Waals surface area contributed by atoms with E-state index in [9.17, 15) is 13.9 Å². The Morgan fingerprint density at radius 1 is 1.30 bits per heavy atom. The van der Waals surface area contributed by atoms with E-state index in [1.54, 1.807) is 17.9 Å². The number of aliphatic hydroxyl groups is 1. The number of hydrogen-bond donors (Lipinski definition) is 2. The first kappa shape index (κ1) is 15.3. The maximum atomic E-state index is 13.9. The normalized spacial score (nSPS) is 14.0. The van der Waals surface area contributed by atoms with E-state index in [0.29, 0.717) is 16.9 Å². The van der Waals surface area contributed by atoms with Crippen LogP contribution in [0.4, 0.5) is 14.6 Å². The number of nitrogens with one attached hydrogen (secondary N) is 1. The highest BCUT2D eigenvalue weighted by Crippen LogP contribution is 2.26. The van der Waals surface area contributed by atoms with Crippen LogP contribution in [0.5, 0.6) is 0 Å². The molecule has 3 rings (SSSR count). The number of halogens is 2. The first-order valence-electron chi connectivity index (χ1n) is 6.93. The van der Waals surface area contributed by atoms with Crippen LogP contribution in [-0.2, 0) is 12.6 Å². The minimum Gasteiger partial charge on any atom is -0.383 e. The Morgan fingerprint density at radius 3 is 2.83 bits per heavy atom. The maximum Gasteiger partial charge on any atom is 0.163 e. The van der Waals surface area contributed by atoms with Crippen LogP contribution >= 0.6 is 0 Å². The minimum atomic E-state index is -1.54. The molecule has 2 aromatic heterocycles. The largest absolute Gasteiger partial charge is 0.383 e. The summed E-state index contributed by atoms with van der Waals surface area (Å²) >= 11 is 0. The molecule has 0 saturated heterocycles. The molecule has 0 bridgehead atoms. The first-order chi connectivity index (χ1) is 10.9. The van der Waals surface area contributed by atoms with Crippen molar-refractivity contribution in [3.05, 3.63) is 47.9 Å². The summed E-state index contributed by atoms with van der Waals surface area (Å²) in [6.45, 7) is 1.43. The van der Waals surface area contributed by atoms with Crippen molar-refractivity contribution in [2.24, 2.45) is 7.05 Å². The number of fused-ring (bicyclic) bond motifs is 1. The van der Waals surface area contributed by atoms with Crippen LogP contribution in [0, 0.1) is 11.6 Å². The smallest absolute Gasteiger partial charge is 0.163 e. The molecule has 120 valence electrons. The van der Waals surface area contributed by atoms with Gasteiger partial charge in [0.15, 0.2) is 5.65 Å². The Labute approximate surface area is 130 Å². The predicted octanol–water partition coefficient (Wildman–Crippen LogP) is 1.96. The summed E-state index contributed by atoms with van der Waals surface area (Å²) in [5, 5.41) is 18.3. The second kappa shape index (κ2) is 5.54. The second-order valence-corrected chi connectivity index (χ2v) is 5.48. The Balaban J connectivity index is 1.86. The molecule has 0 aliphatic rings. The van der Waals surface area contributed by atoms with E-state index in [0.717, 1.165) is 12.1 Å². The number of nitrogens with zero attached hydrogens (tertiary/aromatic N) is 4. The molecule has 1 aromatic carbocycles. The topological polar surface area (TPSA) is 75.9 Å². The molecule has 1 atom stereocenters. The monoisotopic (exact) mass is 319 g/mol. The highest BCUT2D eigenvalue weighted by Gasteiger charge is 2.27. The molecule has 2 N–H and O–H groups in total. The van der Waals surface area contributed by atoms with Crippen molar-refractivity contribution in [2.75, 3.05) is 11.9 Å². The Bertz CT molecular complexity index is 862. The van der Waals surface area contributed by atoms with E-state index in [1.165, 1.54) is 19.3 Å². The number of aromatic nitrogens is 4. The number of hydrogen-bond acceptors (Lipinski definition) is 5. The van der Waals surface area contributed by atoms with Crippen molar-refractivity contribution in [3.8, 4) is 0 Å². The van der Waals surface area contributed by atoms with Gasteiger partial charge in [0, 0.05) is 25.2 Å². The molecule has 2 heterocycles. The van der Waals surface area contributed by atoms with Gasteiger partial charge in [-0.05, 0) is 13.0 Å². The van der Waals surface area contributed by atoms with Crippen LogP contribution in [0.2, 0.25) is 0 Å². The highest BCUT2D eigenvalue weighted by atomic mass is 19.1. The summed E-state index contributed by atoms with van der Waals surface area (Å²) < 4.78 is 28.5. The summed E-state index contributed by atoms with van der Waals surface area (Å²) in [5.74, 6) is -1.01. The molecule has 0 saturated carbocycles. The highest BCUT2D eigenvalue weighted by molar-refractivity contribution is 5.85. The van der Waals surface area contributed by atoms with Crippen LogP contribution in [-0.4, -0.2) is 31.4 Å². The maximum absolute atomic E-state index is 13.9. The zero-order chi connectivity index (χ0) is 16.6. The van der Waals surface area contributed by atoms with Gasteiger partial charge >= 0.3 is 0 Å². The molecule has 0 spiro atoms. The standard InChI is InChI=1S/C15H15F2N5O/c1-15(23,11-4-3-9(16)5-12(11)17)7-18-13-10-6-21-22(2)14(10)20-8-19-13/h3-6,8,23H,7H2,1-2H3,(H,18,19,20). The lowest BCUT2D eigenvalue weighted by atomic mass is 9.95. The van der Waals surface area contributed by atoms with Crippen molar-refractivity contribution in [1.82, 2.24) is 19.7 Å². The van der Waals surface area contributed by atoms with Crippen LogP contribution < -0.4 is 5.32 Å². The lowest BCUT2D eigenvalue weighted by molar-refractivity contribution is 0.0674. The van der Waals surface area contributed by atoms with Crippen molar-refractivity contribution >= 4 is 16.9 Å². The van der Waals surface area contributed by atoms with Crippen molar-refractivity contribution in [2.45, 2.75) is 12.5 Å². The fourth-order valence-corrected chi connectivity index (χ4v) is 2.38. The molecule has 3 aromatic rings.